The fraction of sp³-hybridized carbons (Fsp3) is 0.111. The Hall–Kier alpha value is -2.50. The van der Waals surface area contributed by atoms with E-state index >= 15 is 0 Å². The predicted octanol–water partition coefficient (Wildman–Crippen LogP) is 4.34. The van der Waals surface area contributed by atoms with Gasteiger partial charge in [0.05, 0.1) is 11.6 Å². The van der Waals surface area contributed by atoms with Gasteiger partial charge in [-0.2, -0.15) is 0 Å². The van der Waals surface area contributed by atoms with Crippen LogP contribution in [0.4, 0.5) is 0 Å². The third-order valence-electron chi connectivity index (χ3n) is 3.35. The van der Waals surface area contributed by atoms with Gasteiger partial charge in [-0.1, -0.05) is 52.6 Å². The summed E-state index contributed by atoms with van der Waals surface area (Å²) in [7, 11) is 0. The molecule has 3 aromatic rings. The lowest BCUT2D eigenvalue weighted by Crippen LogP contribution is -2.28. The summed E-state index contributed by atoms with van der Waals surface area (Å²) in [6, 6.07) is 16.0. The number of para-hydroxylation sites is 1. The topological polar surface area (TPSA) is 64.4 Å². The molecule has 0 unspecified atom stereocenters. The number of benzene rings is 2. The van der Waals surface area contributed by atoms with E-state index in [0.29, 0.717) is 27.2 Å². The number of ether oxygens (including phenoxy) is 1. The first-order valence-corrected chi connectivity index (χ1v) is 8.23. The summed E-state index contributed by atoms with van der Waals surface area (Å²) >= 11 is 11.8. The first kappa shape index (κ1) is 17.3. The molecular weight excluding hydrogens is 363 g/mol. The summed E-state index contributed by atoms with van der Waals surface area (Å²) in [6.07, 6.45) is 0. The minimum absolute atomic E-state index is 0.137. The number of halogens is 2. The zero-order valence-corrected chi connectivity index (χ0v) is 14.6. The monoisotopic (exact) mass is 376 g/mol. The first-order chi connectivity index (χ1) is 12.1. The summed E-state index contributed by atoms with van der Waals surface area (Å²) in [5.74, 6) is 0.712. The summed E-state index contributed by atoms with van der Waals surface area (Å²) in [6.45, 7) is 0.0766. The van der Waals surface area contributed by atoms with Crippen molar-refractivity contribution in [2.75, 3.05) is 6.61 Å². The Bertz CT molecular complexity index is 863. The van der Waals surface area contributed by atoms with Gasteiger partial charge in [-0.05, 0) is 24.3 Å². The van der Waals surface area contributed by atoms with Crippen LogP contribution in [0.5, 0.6) is 5.75 Å². The Morgan fingerprint density at radius 3 is 2.64 bits per heavy atom. The maximum Gasteiger partial charge on any atom is 0.258 e. The molecular formula is C18H14Cl2N2O3. The second-order valence-electron chi connectivity index (χ2n) is 5.18. The van der Waals surface area contributed by atoms with Crippen LogP contribution in [0.15, 0.2) is 59.1 Å². The van der Waals surface area contributed by atoms with Gasteiger partial charge in [-0.3, -0.25) is 4.79 Å². The summed E-state index contributed by atoms with van der Waals surface area (Å²) in [5.41, 5.74) is 1.56. The SMILES string of the molecule is O=C(COc1ccccc1Cl)NCc1cc(-c2ccc(Cl)cc2)no1. The van der Waals surface area contributed by atoms with Crippen LogP contribution in [-0.4, -0.2) is 17.7 Å². The Morgan fingerprint density at radius 2 is 1.88 bits per heavy atom. The molecule has 0 saturated heterocycles. The van der Waals surface area contributed by atoms with Crippen molar-refractivity contribution in [3.8, 4) is 17.0 Å². The second kappa shape index (κ2) is 8.05. The van der Waals surface area contributed by atoms with Gasteiger partial charge in [-0.25, -0.2) is 0 Å². The van der Waals surface area contributed by atoms with Gasteiger partial charge in [0.25, 0.3) is 5.91 Å². The Morgan fingerprint density at radius 1 is 1.12 bits per heavy atom. The number of carbonyl (C=O) groups is 1. The minimum Gasteiger partial charge on any atom is -0.482 e. The van der Waals surface area contributed by atoms with Gasteiger partial charge < -0.3 is 14.6 Å². The molecule has 0 fully saturated rings. The quantitative estimate of drug-likeness (QED) is 0.694. The molecule has 1 aromatic heterocycles. The highest BCUT2D eigenvalue weighted by Gasteiger charge is 2.09. The lowest BCUT2D eigenvalue weighted by molar-refractivity contribution is -0.123. The predicted molar refractivity (Wildman–Crippen MR) is 95.7 cm³/mol. The molecule has 0 aliphatic rings. The van der Waals surface area contributed by atoms with Crippen molar-refractivity contribution in [3.63, 3.8) is 0 Å². The number of rotatable bonds is 6. The molecule has 1 amide bonds. The van der Waals surface area contributed by atoms with E-state index in [4.69, 9.17) is 32.5 Å². The van der Waals surface area contributed by atoms with Crippen molar-refractivity contribution < 1.29 is 14.1 Å². The van der Waals surface area contributed by atoms with E-state index in [1.165, 1.54) is 0 Å². The fourth-order valence-electron chi connectivity index (χ4n) is 2.09. The van der Waals surface area contributed by atoms with Crippen LogP contribution in [0.1, 0.15) is 5.76 Å². The summed E-state index contributed by atoms with van der Waals surface area (Å²) in [5, 5.41) is 7.79. The standard InChI is InChI=1S/C18H14Cl2N2O3/c19-13-7-5-12(6-8-13)16-9-14(25-22-16)10-21-18(23)11-24-17-4-2-1-3-15(17)20/h1-9H,10-11H2,(H,21,23). The molecule has 128 valence electrons. The molecule has 0 bridgehead atoms. The number of carbonyl (C=O) groups excluding carboxylic acids is 1. The van der Waals surface area contributed by atoms with Gasteiger partial charge >= 0.3 is 0 Å². The van der Waals surface area contributed by atoms with E-state index in [1.807, 2.05) is 12.1 Å². The van der Waals surface area contributed by atoms with Crippen LogP contribution < -0.4 is 10.1 Å². The van der Waals surface area contributed by atoms with E-state index in [1.54, 1.807) is 42.5 Å². The minimum atomic E-state index is -0.288. The molecule has 0 aliphatic heterocycles. The van der Waals surface area contributed by atoms with Crippen LogP contribution >= 0.6 is 23.2 Å². The molecule has 5 nitrogen and oxygen atoms in total. The molecule has 0 radical (unpaired) electrons. The number of hydrogen-bond donors (Lipinski definition) is 1. The maximum absolute atomic E-state index is 11.9. The third kappa shape index (κ3) is 4.75. The summed E-state index contributed by atoms with van der Waals surface area (Å²) in [4.78, 5) is 11.9. The van der Waals surface area contributed by atoms with Crippen LogP contribution in [0.25, 0.3) is 11.3 Å². The highest BCUT2D eigenvalue weighted by Crippen LogP contribution is 2.23. The van der Waals surface area contributed by atoms with Gasteiger partial charge in [0.2, 0.25) is 0 Å². The van der Waals surface area contributed by atoms with Crippen molar-refractivity contribution in [3.05, 3.63) is 70.4 Å². The third-order valence-corrected chi connectivity index (χ3v) is 3.92. The smallest absolute Gasteiger partial charge is 0.258 e. The van der Waals surface area contributed by atoms with Crippen molar-refractivity contribution in [1.82, 2.24) is 10.5 Å². The molecule has 1 N–H and O–H groups in total. The van der Waals surface area contributed by atoms with E-state index in [0.717, 1.165) is 5.56 Å². The number of hydrogen-bond acceptors (Lipinski definition) is 4. The normalized spacial score (nSPS) is 10.5. The zero-order chi connectivity index (χ0) is 17.6. The molecule has 0 atom stereocenters. The molecule has 7 heteroatoms. The molecule has 25 heavy (non-hydrogen) atoms. The Balaban J connectivity index is 1.51. The van der Waals surface area contributed by atoms with Gasteiger partial charge in [0.1, 0.15) is 11.4 Å². The van der Waals surface area contributed by atoms with Crippen LogP contribution in [0, 0.1) is 0 Å². The molecule has 0 spiro atoms. The average Bonchev–Trinajstić information content (AvgIpc) is 3.09. The van der Waals surface area contributed by atoms with Gasteiger partial charge in [-0.15, -0.1) is 0 Å². The molecule has 1 heterocycles. The molecule has 0 aliphatic carbocycles. The molecule has 2 aromatic carbocycles. The summed E-state index contributed by atoms with van der Waals surface area (Å²) < 4.78 is 10.6. The lowest BCUT2D eigenvalue weighted by atomic mass is 10.1. The van der Waals surface area contributed by atoms with E-state index in [9.17, 15) is 4.79 Å². The number of nitrogens with zero attached hydrogens (tertiary/aromatic N) is 1. The van der Waals surface area contributed by atoms with Crippen LogP contribution in [0.3, 0.4) is 0 Å². The zero-order valence-electron chi connectivity index (χ0n) is 13.0. The van der Waals surface area contributed by atoms with E-state index in [-0.39, 0.29) is 19.1 Å². The van der Waals surface area contributed by atoms with E-state index < -0.39 is 0 Å². The number of aromatic nitrogens is 1. The van der Waals surface area contributed by atoms with E-state index in [2.05, 4.69) is 10.5 Å². The average molecular weight is 377 g/mol. The number of amides is 1. The lowest BCUT2D eigenvalue weighted by Gasteiger charge is -2.07. The van der Waals surface area contributed by atoms with Crippen LogP contribution in [0.2, 0.25) is 10.0 Å². The van der Waals surface area contributed by atoms with Crippen molar-refractivity contribution in [2.45, 2.75) is 6.54 Å². The van der Waals surface area contributed by atoms with Gasteiger partial charge in [0, 0.05) is 16.7 Å². The first-order valence-electron chi connectivity index (χ1n) is 7.47. The molecule has 0 saturated carbocycles. The second-order valence-corrected chi connectivity index (χ2v) is 6.02. The van der Waals surface area contributed by atoms with Crippen molar-refractivity contribution >= 4 is 29.1 Å². The Kier molecular flexibility index (Phi) is 5.58. The largest absolute Gasteiger partial charge is 0.482 e. The van der Waals surface area contributed by atoms with Crippen LogP contribution in [-0.2, 0) is 11.3 Å². The number of nitrogens with one attached hydrogen (secondary N) is 1. The van der Waals surface area contributed by atoms with Crippen molar-refractivity contribution in [1.29, 1.82) is 0 Å². The fourth-order valence-corrected chi connectivity index (χ4v) is 2.41. The van der Waals surface area contributed by atoms with Crippen molar-refractivity contribution in [2.24, 2.45) is 0 Å². The van der Waals surface area contributed by atoms with Gasteiger partial charge in [0.15, 0.2) is 12.4 Å². The highest BCUT2D eigenvalue weighted by atomic mass is 35.5. The maximum atomic E-state index is 11.9. The highest BCUT2D eigenvalue weighted by molar-refractivity contribution is 6.32. The molecule has 3 rings (SSSR count). The Labute approximate surface area is 154 Å².